The Morgan fingerprint density at radius 3 is 2.55 bits per heavy atom. The Labute approximate surface area is 136 Å². The molecule has 0 saturated heterocycles. The predicted molar refractivity (Wildman–Crippen MR) is 90.1 cm³/mol. The molecule has 22 heavy (non-hydrogen) atoms. The Morgan fingerprint density at radius 1 is 1.27 bits per heavy atom. The minimum Gasteiger partial charge on any atom is -0.396 e. The number of aliphatic hydroxyl groups is 2. The zero-order valence-corrected chi connectivity index (χ0v) is 13.5. The molecule has 0 saturated carbocycles. The summed E-state index contributed by atoms with van der Waals surface area (Å²) in [7, 11) is 0. The molecule has 0 spiro atoms. The van der Waals surface area contributed by atoms with Gasteiger partial charge >= 0.3 is 0 Å². The van der Waals surface area contributed by atoms with E-state index in [9.17, 15) is 10.1 Å². The zero-order chi connectivity index (χ0) is 15.7. The van der Waals surface area contributed by atoms with Gasteiger partial charge < -0.3 is 20.4 Å². The fraction of sp³-hybridized carbons (Fsp3) is 0.571. The van der Waals surface area contributed by atoms with Crippen LogP contribution in [0, 0.1) is 10.1 Å². The first-order valence-corrected chi connectivity index (χ1v) is 7.13. The Balaban J connectivity index is 0.00000441. The lowest BCUT2D eigenvalue weighted by Gasteiger charge is -2.23. The van der Waals surface area contributed by atoms with Crippen molar-refractivity contribution in [2.75, 3.05) is 43.1 Å². The molecule has 126 valence electrons. The van der Waals surface area contributed by atoms with Gasteiger partial charge in [-0.05, 0) is 25.0 Å². The first kappa shape index (κ1) is 20.4. The number of nitrogens with one attached hydrogen (secondary N) is 1. The normalized spacial score (nSPS) is 9.95. The van der Waals surface area contributed by atoms with Crippen molar-refractivity contribution in [2.45, 2.75) is 19.8 Å². The summed E-state index contributed by atoms with van der Waals surface area (Å²) in [6.45, 7) is 3.72. The molecule has 8 heteroatoms. The molecular formula is C14H24ClN3O4. The van der Waals surface area contributed by atoms with Gasteiger partial charge in [0.25, 0.3) is 5.69 Å². The van der Waals surface area contributed by atoms with E-state index in [1.54, 1.807) is 12.1 Å². The summed E-state index contributed by atoms with van der Waals surface area (Å²) >= 11 is 0. The lowest BCUT2D eigenvalue weighted by molar-refractivity contribution is -0.383. The number of rotatable bonds is 10. The van der Waals surface area contributed by atoms with Gasteiger partial charge in [0.15, 0.2) is 0 Å². The van der Waals surface area contributed by atoms with E-state index < -0.39 is 4.92 Å². The number of halogens is 1. The molecule has 0 aromatic heterocycles. The van der Waals surface area contributed by atoms with Crippen LogP contribution in [-0.4, -0.2) is 48.0 Å². The van der Waals surface area contributed by atoms with E-state index in [0.29, 0.717) is 25.2 Å². The fourth-order valence-electron chi connectivity index (χ4n) is 2.08. The van der Waals surface area contributed by atoms with Crippen LogP contribution in [0.4, 0.5) is 17.1 Å². The molecule has 1 aromatic carbocycles. The second kappa shape index (κ2) is 11.1. The van der Waals surface area contributed by atoms with Crippen LogP contribution in [0.15, 0.2) is 18.2 Å². The average Bonchev–Trinajstić information content (AvgIpc) is 2.47. The summed E-state index contributed by atoms with van der Waals surface area (Å²) in [5.74, 6) is 0. The van der Waals surface area contributed by atoms with Crippen molar-refractivity contribution >= 4 is 29.5 Å². The van der Waals surface area contributed by atoms with Gasteiger partial charge in [0.1, 0.15) is 5.69 Å². The van der Waals surface area contributed by atoms with Gasteiger partial charge in [-0.3, -0.25) is 10.1 Å². The van der Waals surface area contributed by atoms with Crippen molar-refractivity contribution in [2.24, 2.45) is 0 Å². The van der Waals surface area contributed by atoms with Crippen LogP contribution in [0.3, 0.4) is 0 Å². The third-order valence-corrected chi connectivity index (χ3v) is 3.06. The maximum atomic E-state index is 11.2. The molecule has 0 fully saturated rings. The average molecular weight is 334 g/mol. The van der Waals surface area contributed by atoms with Gasteiger partial charge in [-0.2, -0.15) is 0 Å². The number of nitro groups is 1. The lowest BCUT2D eigenvalue weighted by atomic mass is 10.2. The molecule has 0 amide bonds. The summed E-state index contributed by atoms with van der Waals surface area (Å²) in [5, 5.41) is 32.0. The number of nitrogens with zero attached hydrogens (tertiary/aromatic N) is 2. The highest BCUT2D eigenvalue weighted by Crippen LogP contribution is 2.29. The number of anilines is 2. The third kappa shape index (κ3) is 6.05. The Kier molecular flexibility index (Phi) is 10.3. The van der Waals surface area contributed by atoms with Crippen LogP contribution in [-0.2, 0) is 0 Å². The summed E-state index contributed by atoms with van der Waals surface area (Å²) < 4.78 is 0. The Morgan fingerprint density at radius 2 is 2.00 bits per heavy atom. The molecule has 0 aliphatic rings. The van der Waals surface area contributed by atoms with Gasteiger partial charge in [-0.15, -0.1) is 12.4 Å². The maximum absolute atomic E-state index is 11.2. The molecular weight excluding hydrogens is 310 g/mol. The Hall–Kier alpha value is -1.57. The first-order chi connectivity index (χ1) is 10.1. The minimum atomic E-state index is -0.423. The summed E-state index contributed by atoms with van der Waals surface area (Å²) in [4.78, 5) is 12.7. The molecule has 0 radical (unpaired) electrons. The number of hydrogen-bond donors (Lipinski definition) is 3. The van der Waals surface area contributed by atoms with Crippen molar-refractivity contribution in [3.8, 4) is 0 Å². The van der Waals surface area contributed by atoms with Crippen LogP contribution in [0.25, 0.3) is 0 Å². The smallest absolute Gasteiger partial charge is 0.294 e. The zero-order valence-electron chi connectivity index (χ0n) is 12.7. The van der Waals surface area contributed by atoms with Crippen LogP contribution >= 0.6 is 12.4 Å². The molecule has 0 aliphatic carbocycles. The summed E-state index contributed by atoms with van der Waals surface area (Å²) in [6.07, 6.45) is 1.43. The molecule has 0 unspecified atom stereocenters. The molecule has 3 N–H and O–H groups in total. The molecule has 0 bridgehead atoms. The molecule has 0 atom stereocenters. The van der Waals surface area contributed by atoms with Crippen molar-refractivity contribution in [3.05, 3.63) is 28.3 Å². The van der Waals surface area contributed by atoms with Gasteiger partial charge in [0.2, 0.25) is 0 Å². The van der Waals surface area contributed by atoms with E-state index in [0.717, 1.165) is 18.7 Å². The molecule has 0 aliphatic heterocycles. The maximum Gasteiger partial charge on any atom is 0.294 e. The van der Waals surface area contributed by atoms with Crippen molar-refractivity contribution < 1.29 is 15.1 Å². The molecule has 7 nitrogen and oxygen atoms in total. The number of nitro benzene ring substituents is 1. The van der Waals surface area contributed by atoms with Gasteiger partial charge in [0.05, 0.1) is 11.5 Å². The molecule has 0 heterocycles. The number of aliphatic hydroxyl groups excluding tert-OH is 2. The predicted octanol–water partition coefficient (Wildman–Crippen LogP) is 2.02. The van der Waals surface area contributed by atoms with E-state index in [-0.39, 0.29) is 31.3 Å². The minimum absolute atomic E-state index is 0. The molecule has 1 rings (SSSR count). The van der Waals surface area contributed by atoms with E-state index in [1.807, 2.05) is 11.8 Å². The van der Waals surface area contributed by atoms with Gasteiger partial charge in [0, 0.05) is 38.0 Å². The topological polar surface area (TPSA) is 98.9 Å². The summed E-state index contributed by atoms with van der Waals surface area (Å²) in [5.41, 5.74) is 1.17. The van der Waals surface area contributed by atoms with Crippen molar-refractivity contribution in [1.29, 1.82) is 0 Å². The van der Waals surface area contributed by atoms with E-state index >= 15 is 0 Å². The highest BCUT2D eigenvalue weighted by Gasteiger charge is 2.16. The quantitative estimate of drug-likeness (QED) is 0.344. The lowest BCUT2D eigenvalue weighted by Crippen LogP contribution is -2.27. The standard InChI is InChI=1S/C14H23N3O4.ClH/c1-2-7-16(8-10-19)12-4-5-13(15-6-3-9-18)14(11-12)17(20)21;/h4-5,11,15,18-19H,2-3,6-10H2,1H3;1H. The highest BCUT2D eigenvalue weighted by molar-refractivity contribution is 5.85. The second-order valence-electron chi connectivity index (χ2n) is 4.67. The van der Waals surface area contributed by atoms with Crippen LogP contribution in [0.2, 0.25) is 0 Å². The first-order valence-electron chi connectivity index (χ1n) is 7.13. The summed E-state index contributed by atoms with van der Waals surface area (Å²) in [6, 6.07) is 5.00. The van der Waals surface area contributed by atoms with Crippen LogP contribution in [0.1, 0.15) is 19.8 Å². The number of hydrogen-bond acceptors (Lipinski definition) is 6. The van der Waals surface area contributed by atoms with Crippen LogP contribution < -0.4 is 10.2 Å². The second-order valence-corrected chi connectivity index (χ2v) is 4.67. The largest absolute Gasteiger partial charge is 0.396 e. The van der Waals surface area contributed by atoms with E-state index in [4.69, 9.17) is 10.2 Å². The fourth-order valence-corrected chi connectivity index (χ4v) is 2.08. The molecule has 1 aromatic rings. The highest BCUT2D eigenvalue weighted by atomic mass is 35.5. The number of benzene rings is 1. The Bertz CT molecular complexity index is 454. The third-order valence-electron chi connectivity index (χ3n) is 3.06. The van der Waals surface area contributed by atoms with Crippen LogP contribution in [0.5, 0.6) is 0 Å². The monoisotopic (exact) mass is 333 g/mol. The van der Waals surface area contributed by atoms with Crippen molar-refractivity contribution in [3.63, 3.8) is 0 Å². The van der Waals surface area contributed by atoms with E-state index in [2.05, 4.69) is 5.32 Å². The van der Waals surface area contributed by atoms with Gasteiger partial charge in [-0.25, -0.2) is 0 Å². The SMILES string of the molecule is CCCN(CCO)c1ccc(NCCCO)c([N+](=O)[O-])c1.Cl. The van der Waals surface area contributed by atoms with E-state index in [1.165, 1.54) is 6.07 Å². The van der Waals surface area contributed by atoms with Crippen molar-refractivity contribution in [1.82, 2.24) is 0 Å². The van der Waals surface area contributed by atoms with Gasteiger partial charge in [-0.1, -0.05) is 6.92 Å².